The van der Waals surface area contributed by atoms with E-state index in [-0.39, 0.29) is 24.4 Å². The van der Waals surface area contributed by atoms with E-state index in [1.165, 1.54) is 36.9 Å². The Morgan fingerprint density at radius 1 is 1.20 bits per heavy atom. The first-order valence-corrected chi connectivity index (χ1v) is 9.43. The zero-order chi connectivity index (χ0) is 16.5. The highest BCUT2D eigenvalue weighted by molar-refractivity contribution is 5.94. The monoisotopic (exact) mass is 364 g/mol. The molecule has 4 nitrogen and oxygen atoms in total. The van der Waals surface area contributed by atoms with E-state index < -0.39 is 0 Å². The quantitative estimate of drug-likeness (QED) is 0.815. The lowest BCUT2D eigenvalue weighted by Crippen LogP contribution is -2.38. The van der Waals surface area contributed by atoms with Gasteiger partial charge in [0.2, 0.25) is 0 Å². The Kier molecular flexibility index (Phi) is 6.03. The van der Waals surface area contributed by atoms with Gasteiger partial charge in [-0.05, 0) is 74.8 Å². The number of benzene rings is 1. The molecule has 2 atom stereocenters. The molecule has 1 aromatic rings. The van der Waals surface area contributed by atoms with Crippen LogP contribution < -0.4 is 10.6 Å². The van der Waals surface area contributed by atoms with E-state index in [0.29, 0.717) is 12.0 Å². The van der Waals surface area contributed by atoms with Gasteiger partial charge in [0, 0.05) is 36.8 Å². The van der Waals surface area contributed by atoms with Crippen molar-refractivity contribution < 1.29 is 9.53 Å². The predicted molar refractivity (Wildman–Crippen MR) is 102 cm³/mol. The minimum absolute atomic E-state index is 0. The van der Waals surface area contributed by atoms with Gasteiger partial charge in [-0.25, -0.2) is 0 Å². The minimum Gasteiger partial charge on any atom is -0.381 e. The number of carbonyl (C=O) groups is 1. The molecule has 5 heteroatoms. The normalized spacial score (nSPS) is 26.0. The summed E-state index contributed by atoms with van der Waals surface area (Å²) < 4.78 is 5.36. The first-order chi connectivity index (χ1) is 11.7. The summed E-state index contributed by atoms with van der Waals surface area (Å²) in [5.41, 5.74) is 3.45. The summed E-state index contributed by atoms with van der Waals surface area (Å²) in [7, 11) is 0. The Hall–Kier alpha value is -1.10. The van der Waals surface area contributed by atoms with Crippen molar-refractivity contribution in [3.63, 3.8) is 0 Å². The highest BCUT2D eigenvalue weighted by Gasteiger charge is 2.40. The van der Waals surface area contributed by atoms with Gasteiger partial charge in [0.1, 0.15) is 0 Å². The number of rotatable bonds is 6. The third-order valence-electron chi connectivity index (χ3n) is 5.65. The van der Waals surface area contributed by atoms with Gasteiger partial charge in [-0.15, -0.1) is 12.4 Å². The first-order valence-electron chi connectivity index (χ1n) is 9.43. The summed E-state index contributed by atoms with van der Waals surface area (Å²) in [5, 5.41) is 6.86. The van der Waals surface area contributed by atoms with Crippen LogP contribution in [-0.4, -0.2) is 37.7 Å². The second-order valence-corrected chi connectivity index (χ2v) is 7.73. The van der Waals surface area contributed by atoms with Gasteiger partial charge in [-0.2, -0.15) is 0 Å². The first kappa shape index (κ1) is 18.7. The van der Waals surface area contributed by atoms with Crippen LogP contribution in [0.2, 0.25) is 0 Å². The fraction of sp³-hybridized carbons (Fsp3) is 0.650. The van der Waals surface area contributed by atoms with Gasteiger partial charge < -0.3 is 15.4 Å². The summed E-state index contributed by atoms with van der Waals surface area (Å²) in [5.74, 6) is 1.56. The molecule has 0 radical (unpaired) electrons. The molecule has 1 saturated heterocycles. The molecule has 0 bridgehead atoms. The van der Waals surface area contributed by atoms with Gasteiger partial charge in [0.05, 0.1) is 0 Å². The molecule has 4 rings (SSSR count). The van der Waals surface area contributed by atoms with Crippen molar-refractivity contribution in [2.75, 3.05) is 19.8 Å². The second kappa shape index (κ2) is 8.07. The van der Waals surface area contributed by atoms with Crippen molar-refractivity contribution in [3.05, 3.63) is 34.9 Å². The maximum atomic E-state index is 12.6. The molecule has 0 spiro atoms. The Morgan fingerprint density at radius 2 is 1.96 bits per heavy atom. The molecular weight excluding hydrogens is 336 g/mol. The number of hydrogen-bond acceptors (Lipinski definition) is 3. The summed E-state index contributed by atoms with van der Waals surface area (Å²) in [6.07, 6.45) is 5.83. The second-order valence-electron chi connectivity index (χ2n) is 7.73. The molecule has 3 fully saturated rings. The Balaban J connectivity index is 0.00000182. The van der Waals surface area contributed by atoms with Crippen LogP contribution in [-0.2, 0) is 4.74 Å². The third kappa shape index (κ3) is 4.75. The molecule has 0 unspecified atom stereocenters. The number of hydrogen-bond donors (Lipinski definition) is 2. The molecule has 1 aromatic carbocycles. The molecule has 0 aromatic heterocycles. The zero-order valence-electron chi connectivity index (χ0n) is 14.9. The van der Waals surface area contributed by atoms with Crippen LogP contribution in [0.3, 0.4) is 0 Å². The molecular formula is C20H29ClN2O2. The molecule has 25 heavy (non-hydrogen) atoms. The zero-order valence-corrected chi connectivity index (χ0v) is 15.7. The Labute approximate surface area is 156 Å². The van der Waals surface area contributed by atoms with Gasteiger partial charge in [0.25, 0.3) is 5.91 Å². The average Bonchev–Trinajstić information content (AvgIpc) is 3.49. The maximum absolute atomic E-state index is 12.6. The molecule has 1 heterocycles. The number of nitrogens with one attached hydrogen (secondary N) is 2. The van der Waals surface area contributed by atoms with E-state index in [2.05, 4.69) is 29.7 Å². The van der Waals surface area contributed by atoms with Crippen LogP contribution in [0.5, 0.6) is 0 Å². The van der Waals surface area contributed by atoms with E-state index >= 15 is 0 Å². The van der Waals surface area contributed by atoms with Crippen molar-refractivity contribution in [2.24, 2.45) is 5.92 Å². The fourth-order valence-corrected chi connectivity index (χ4v) is 3.70. The molecule has 2 saturated carbocycles. The van der Waals surface area contributed by atoms with E-state index in [9.17, 15) is 4.79 Å². The number of amides is 1. The lowest BCUT2D eigenvalue weighted by atomic mass is 10.00. The SMILES string of the molecule is Cc1ccc(C(=O)NC2CCOCC2)cc1[C@@H]1C[C@H]1NCC1CC1.Cl. The maximum Gasteiger partial charge on any atom is 0.251 e. The van der Waals surface area contributed by atoms with Gasteiger partial charge in [-0.3, -0.25) is 4.79 Å². The minimum atomic E-state index is 0. The molecule has 3 aliphatic rings. The molecule has 2 N–H and O–H groups in total. The van der Waals surface area contributed by atoms with Gasteiger partial charge in [0.15, 0.2) is 0 Å². The van der Waals surface area contributed by atoms with E-state index in [4.69, 9.17) is 4.74 Å². The molecule has 2 aliphatic carbocycles. The smallest absolute Gasteiger partial charge is 0.251 e. The summed E-state index contributed by atoms with van der Waals surface area (Å²) >= 11 is 0. The van der Waals surface area contributed by atoms with Crippen LogP contribution in [0, 0.1) is 12.8 Å². The molecule has 1 aliphatic heterocycles. The lowest BCUT2D eigenvalue weighted by Gasteiger charge is -2.23. The largest absolute Gasteiger partial charge is 0.381 e. The van der Waals surface area contributed by atoms with Crippen LogP contribution in [0.1, 0.15) is 59.5 Å². The topological polar surface area (TPSA) is 50.4 Å². The van der Waals surface area contributed by atoms with E-state index in [1.807, 2.05) is 6.07 Å². The number of carbonyl (C=O) groups excluding carboxylic acids is 1. The number of halogens is 1. The van der Waals surface area contributed by atoms with Crippen molar-refractivity contribution in [1.82, 2.24) is 10.6 Å². The van der Waals surface area contributed by atoms with Crippen LogP contribution in [0.25, 0.3) is 0 Å². The lowest BCUT2D eigenvalue weighted by molar-refractivity contribution is 0.0696. The van der Waals surface area contributed by atoms with E-state index in [0.717, 1.165) is 37.5 Å². The van der Waals surface area contributed by atoms with Crippen LogP contribution >= 0.6 is 12.4 Å². The van der Waals surface area contributed by atoms with Crippen molar-refractivity contribution in [2.45, 2.75) is 57.0 Å². The summed E-state index contributed by atoms with van der Waals surface area (Å²) in [6, 6.07) is 7.04. The summed E-state index contributed by atoms with van der Waals surface area (Å²) in [4.78, 5) is 12.6. The summed E-state index contributed by atoms with van der Waals surface area (Å²) in [6.45, 7) is 4.83. The van der Waals surface area contributed by atoms with Gasteiger partial charge >= 0.3 is 0 Å². The fourth-order valence-electron chi connectivity index (χ4n) is 3.70. The van der Waals surface area contributed by atoms with Crippen molar-refractivity contribution in [3.8, 4) is 0 Å². The Morgan fingerprint density at radius 3 is 2.68 bits per heavy atom. The average molecular weight is 365 g/mol. The number of ether oxygens (including phenoxy) is 1. The standard InChI is InChI=1S/C20H28N2O2.ClH/c1-13-2-5-15(20(23)22-16-6-8-24-9-7-16)10-17(13)18-11-19(18)21-12-14-3-4-14;/h2,5,10,14,16,18-19,21H,3-4,6-9,11-12H2,1H3,(H,22,23);1H/t18-,19+;/m0./s1. The van der Waals surface area contributed by atoms with Gasteiger partial charge in [-0.1, -0.05) is 6.07 Å². The van der Waals surface area contributed by atoms with Crippen molar-refractivity contribution >= 4 is 18.3 Å². The van der Waals surface area contributed by atoms with Crippen LogP contribution in [0.4, 0.5) is 0 Å². The van der Waals surface area contributed by atoms with Crippen molar-refractivity contribution in [1.29, 1.82) is 0 Å². The predicted octanol–water partition coefficient (Wildman–Crippen LogP) is 3.18. The van der Waals surface area contributed by atoms with E-state index in [1.54, 1.807) is 0 Å². The molecule has 1 amide bonds. The highest BCUT2D eigenvalue weighted by atomic mass is 35.5. The third-order valence-corrected chi connectivity index (χ3v) is 5.65. The Bertz CT molecular complexity index is 612. The van der Waals surface area contributed by atoms with Crippen LogP contribution in [0.15, 0.2) is 18.2 Å². The highest BCUT2D eigenvalue weighted by Crippen LogP contribution is 2.43. The molecule has 138 valence electrons. The number of aryl methyl sites for hydroxylation is 1.